The fourth-order valence-electron chi connectivity index (χ4n) is 5.48. The van der Waals surface area contributed by atoms with Gasteiger partial charge in [-0.05, 0) is 56.2 Å². The van der Waals surface area contributed by atoms with Gasteiger partial charge >= 0.3 is 18.0 Å². The van der Waals surface area contributed by atoms with Crippen LogP contribution in [0, 0.1) is 0 Å². The van der Waals surface area contributed by atoms with E-state index in [1.807, 2.05) is 6.07 Å². The second-order valence-electron chi connectivity index (χ2n) is 10.6. The van der Waals surface area contributed by atoms with Crippen molar-refractivity contribution in [1.29, 1.82) is 0 Å². The fraction of sp³-hybridized carbons (Fsp3) is 0.406. The van der Waals surface area contributed by atoms with Crippen LogP contribution in [0.3, 0.4) is 0 Å². The van der Waals surface area contributed by atoms with Crippen LogP contribution >= 0.6 is 0 Å². The largest absolute Gasteiger partial charge is 0.482 e. The second kappa shape index (κ2) is 14.2. The van der Waals surface area contributed by atoms with Gasteiger partial charge in [0.2, 0.25) is 5.91 Å². The van der Waals surface area contributed by atoms with E-state index in [9.17, 15) is 24.0 Å². The van der Waals surface area contributed by atoms with Crippen molar-refractivity contribution in [2.75, 3.05) is 59.1 Å². The number of benzene rings is 2. The van der Waals surface area contributed by atoms with Crippen molar-refractivity contribution < 1.29 is 42.9 Å². The molecule has 5 rings (SSSR count). The van der Waals surface area contributed by atoms with Gasteiger partial charge in [0.25, 0.3) is 0 Å². The summed E-state index contributed by atoms with van der Waals surface area (Å²) in [7, 11) is 0. The predicted octanol–water partition coefficient (Wildman–Crippen LogP) is 2.77. The number of Topliss-reactive ketones (excluding diaryl/α,β-unsaturated/α-hetero) is 1. The van der Waals surface area contributed by atoms with Crippen molar-refractivity contribution in [3.63, 3.8) is 0 Å². The zero-order valence-electron chi connectivity index (χ0n) is 24.6. The maximum Gasteiger partial charge on any atom is 0.410 e. The molecule has 0 aromatic heterocycles. The van der Waals surface area contributed by atoms with Crippen molar-refractivity contribution in [3.8, 4) is 5.75 Å². The number of fused-ring (bicyclic) bond motifs is 1. The average molecular weight is 606 g/mol. The molecule has 0 radical (unpaired) electrons. The maximum absolute atomic E-state index is 12.9. The molecule has 2 amide bonds. The normalized spacial score (nSPS) is 18.2. The Morgan fingerprint density at radius 2 is 1.66 bits per heavy atom. The van der Waals surface area contributed by atoms with Gasteiger partial charge in [0, 0.05) is 43.3 Å². The molecule has 0 N–H and O–H groups in total. The Morgan fingerprint density at radius 3 is 2.36 bits per heavy atom. The number of piperazine rings is 1. The van der Waals surface area contributed by atoms with Crippen LogP contribution in [0.15, 0.2) is 54.6 Å². The van der Waals surface area contributed by atoms with E-state index in [0.29, 0.717) is 67.2 Å². The molecule has 0 unspecified atom stereocenters. The second-order valence-corrected chi connectivity index (χ2v) is 10.6. The Morgan fingerprint density at radius 1 is 0.932 bits per heavy atom. The lowest BCUT2D eigenvalue weighted by Crippen LogP contribution is -2.56. The number of hydrogen-bond donors (Lipinski definition) is 0. The molecular formula is C32H35N3O9. The summed E-state index contributed by atoms with van der Waals surface area (Å²) in [6.45, 7) is 4.06. The summed E-state index contributed by atoms with van der Waals surface area (Å²) in [5, 5.41) is 0. The first-order valence-corrected chi connectivity index (χ1v) is 14.7. The van der Waals surface area contributed by atoms with Gasteiger partial charge in [-0.3, -0.25) is 14.5 Å². The summed E-state index contributed by atoms with van der Waals surface area (Å²) >= 11 is 0. The molecule has 2 aromatic rings. The zero-order chi connectivity index (χ0) is 31.1. The van der Waals surface area contributed by atoms with E-state index in [1.165, 1.54) is 0 Å². The van der Waals surface area contributed by atoms with Gasteiger partial charge in [-0.2, -0.15) is 0 Å². The monoisotopic (exact) mass is 605 g/mol. The van der Waals surface area contributed by atoms with Crippen molar-refractivity contribution in [2.45, 2.75) is 25.8 Å². The standard InChI is InChI=1S/C32H35N3O9/c1-2-41-30(38)21-43-24-9-7-22(8-10-24)27(36)19-35-17-16-34(20-29(35)37)23-11-14-33(15-12-23)32(40)42-18-13-28-25-5-3-4-6-26(25)31(39)44-28/h3-10,13,23H,2,11-12,14-21H2,1H3. The third-order valence-electron chi connectivity index (χ3n) is 7.85. The van der Waals surface area contributed by atoms with Crippen molar-refractivity contribution in [3.05, 3.63) is 71.3 Å². The molecule has 3 heterocycles. The highest BCUT2D eigenvalue weighted by Gasteiger charge is 2.33. The van der Waals surface area contributed by atoms with E-state index < -0.39 is 18.0 Å². The molecule has 2 aromatic carbocycles. The van der Waals surface area contributed by atoms with Crippen LogP contribution in [-0.2, 0) is 23.8 Å². The molecule has 3 aliphatic rings. The van der Waals surface area contributed by atoms with E-state index in [4.69, 9.17) is 18.9 Å². The minimum atomic E-state index is -0.468. The Balaban J connectivity index is 1.02. The molecule has 0 bridgehead atoms. The van der Waals surface area contributed by atoms with Crippen LogP contribution < -0.4 is 4.74 Å². The smallest absolute Gasteiger partial charge is 0.410 e. The van der Waals surface area contributed by atoms with Crippen LogP contribution in [0.5, 0.6) is 5.75 Å². The van der Waals surface area contributed by atoms with E-state index in [1.54, 1.807) is 65.3 Å². The van der Waals surface area contributed by atoms with E-state index in [0.717, 1.165) is 0 Å². The fourth-order valence-corrected chi connectivity index (χ4v) is 5.48. The van der Waals surface area contributed by atoms with Gasteiger partial charge in [-0.25, -0.2) is 14.4 Å². The minimum absolute atomic E-state index is 0.0130. The zero-order valence-corrected chi connectivity index (χ0v) is 24.6. The van der Waals surface area contributed by atoms with Crippen LogP contribution in [0.2, 0.25) is 0 Å². The van der Waals surface area contributed by atoms with Gasteiger partial charge < -0.3 is 28.7 Å². The summed E-state index contributed by atoms with van der Waals surface area (Å²) in [6.07, 6.45) is 2.56. The first-order chi connectivity index (χ1) is 21.3. The Kier molecular flexibility index (Phi) is 9.90. The number of hydrogen-bond acceptors (Lipinski definition) is 10. The summed E-state index contributed by atoms with van der Waals surface area (Å²) in [4.78, 5) is 67.1. The highest BCUT2D eigenvalue weighted by molar-refractivity contribution is 6.03. The van der Waals surface area contributed by atoms with E-state index >= 15 is 0 Å². The quantitative estimate of drug-likeness (QED) is 0.226. The number of amides is 2. The average Bonchev–Trinajstić information content (AvgIpc) is 3.36. The lowest BCUT2D eigenvalue weighted by molar-refractivity contribution is -0.145. The number of carbonyl (C=O) groups excluding carboxylic acids is 5. The summed E-state index contributed by atoms with van der Waals surface area (Å²) in [6, 6.07) is 13.6. The molecule has 2 saturated heterocycles. The molecule has 0 atom stereocenters. The molecule has 12 heteroatoms. The lowest BCUT2D eigenvalue weighted by Gasteiger charge is -2.41. The van der Waals surface area contributed by atoms with Crippen LogP contribution in [0.1, 0.15) is 46.0 Å². The van der Waals surface area contributed by atoms with Gasteiger partial charge in [-0.15, -0.1) is 0 Å². The number of ether oxygens (including phenoxy) is 4. The molecule has 3 aliphatic heterocycles. The van der Waals surface area contributed by atoms with E-state index in [-0.39, 0.29) is 50.6 Å². The maximum atomic E-state index is 12.9. The van der Waals surface area contributed by atoms with Crippen LogP contribution in [0.25, 0.3) is 5.76 Å². The SMILES string of the molecule is CCOC(=O)COc1ccc(C(=O)CN2CCN(C3CCN(C(=O)OCC=C4OC(=O)c5ccccc54)CC3)CC2=O)cc1. The number of nitrogens with zero attached hydrogens (tertiary/aromatic N) is 3. The first-order valence-electron chi connectivity index (χ1n) is 14.7. The molecule has 232 valence electrons. The molecule has 0 saturated carbocycles. The van der Waals surface area contributed by atoms with Gasteiger partial charge in [-0.1, -0.05) is 18.2 Å². The highest BCUT2D eigenvalue weighted by Crippen LogP contribution is 2.29. The van der Waals surface area contributed by atoms with Crippen molar-refractivity contribution in [2.24, 2.45) is 0 Å². The van der Waals surface area contributed by atoms with E-state index in [2.05, 4.69) is 4.90 Å². The Hall–Kier alpha value is -4.71. The lowest BCUT2D eigenvalue weighted by atomic mass is 10.0. The number of esters is 2. The Bertz CT molecular complexity index is 1430. The number of piperidine rings is 1. The Labute approximate surface area is 255 Å². The van der Waals surface area contributed by atoms with Crippen molar-refractivity contribution in [1.82, 2.24) is 14.7 Å². The van der Waals surface area contributed by atoms with Gasteiger partial charge in [0.15, 0.2) is 12.4 Å². The number of cyclic esters (lactones) is 1. The van der Waals surface area contributed by atoms with Crippen LogP contribution in [-0.4, -0.2) is 110 Å². The number of rotatable bonds is 10. The molecule has 12 nitrogen and oxygen atoms in total. The number of likely N-dealkylation sites (tertiary alicyclic amines) is 1. The molecule has 0 aliphatic carbocycles. The molecule has 0 spiro atoms. The number of ketones is 1. The summed E-state index contributed by atoms with van der Waals surface area (Å²) in [5.74, 6) is -0.345. The predicted molar refractivity (Wildman–Crippen MR) is 157 cm³/mol. The third-order valence-corrected chi connectivity index (χ3v) is 7.85. The van der Waals surface area contributed by atoms with Gasteiger partial charge in [0.05, 0.1) is 25.3 Å². The van der Waals surface area contributed by atoms with Crippen molar-refractivity contribution >= 4 is 35.5 Å². The molecular weight excluding hydrogens is 570 g/mol. The van der Waals surface area contributed by atoms with Crippen LogP contribution in [0.4, 0.5) is 4.79 Å². The third kappa shape index (κ3) is 7.43. The summed E-state index contributed by atoms with van der Waals surface area (Å²) < 4.78 is 20.9. The topological polar surface area (TPSA) is 132 Å². The first kappa shape index (κ1) is 30.7. The summed E-state index contributed by atoms with van der Waals surface area (Å²) in [5.41, 5.74) is 1.62. The highest BCUT2D eigenvalue weighted by atomic mass is 16.6. The number of carbonyl (C=O) groups is 5. The molecule has 2 fully saturated rings. The molecule has 44 heavy (non-hydrogen) atoms. The minimum Gasteiger partial charge on any atom is -0.482 e. The van der Waals surface area contributed by atoms with Gasteiger partial charge in [0.1, 0.15) is 18.1 Å².